The maximum absolute atomic E-state index is 3.46. The number of aryl methyl sites for hydroxylation is 2. The zero-order chi connectivity index (χ0) is 13.7. The Morgan fingerprint density at radius 3 is 2.39 bits per heavy atom. The van der Waals surface area contributed by atoms with Crippen molar-refractivity contribution in [3.8, 4) is 0 Å². The van der Waals surface area contributed by atoms with E-state index in [9.17, 15) is 0 Å². The van der Waals surface area contributed by atoms with Gasteiger partial charge in [-0.1, -0.05) is 30.7 Å². The molecule has 1 aromatic carbocycles. The smallest absolute Gasteiger partial charge is 0.0449 e. The highest BCUT2D eigenvalue weighted by Gasteiger charge is 2.17. The summed E-state index contributed by atoms with van der Waals surface area (Å²) in [4.78, 5) is 2.50. The molecule has 1 rings (SSSR count). The molecule has 0 aliphatic heterocycles. The van der Waals surface area contributed by atoms with Gasteiger partial charge in [0, 0.05) is 18.6 Å². The van der Waals surface area contributed by atoms with Crippen LogP contribution in [0.1, 0.15) is 43.5 Å². The van der Waals surface area contributed by atoms with Gasteiger partial charge in [0.1, 0.15) is 0 Å². The number of benzene rings is 1. The summed E-state index contributed by atoms with van der Waals surface area (Å²) < 4.78 is 0. The van der Waals surface area contributed by atoms with E-state index in [-0.39, 0.29) is 0 Å². The van der Waals surface area contributed by atoms with Crippen LogP contribution in [0.25, 0.3) is 0 Å². The minimum atomic E-state index is 0.409. The van der Waals surface area contributed by atoms with Crippen LogP contribution in [-0.4, -0.2) is 31.1 Å². The molecule has 0 fully saturated rings. The fraction of sp³-hybridized carbons (Fsp3) is 0.625. The first-order valence-electron chi connectivity index (χ1n) is 6.98. The van der Waals surface area contributed by atoms with E-state index in [2.05, 4.69) is 70.1 Å². The molecule has 0 radical (unpaired) electrons. The van der Waals surface area contributed by atoms with Crippen LogP contribution in [0.4, 0.5) is 0 Å². The number of hydrogen-bond donors (Lipinski definition) is 1. The van der Waals surface area contributed by atoms with Crippen molar-refractivity contribution >= 4 is 0 Å². The summed E-state index contributed by atoms with van der Waals surface area (Å²) in [7, 11) is 2.06. The first kappa shape index (κ1) is 15.2. The molecule has 0 saturated carbocycles. The molecular weight excluding hydrogens is 220 g/mol. The summed E-state index contributed by atoms with van der Waals surface area (Å²) in [6.07, 6.45) is 0. The van der Waals surface area contributed by atoms with E-state index in [0.29, 0.717) is 12.1 Å². The van der Waals surface area contributed by atoms with Crippen LogP contribution in [0.3, 0.4) is 0 Å². The van der Waals surface area contributed by atoms with Crippen molar-refractivity contribution in [2.45, 2.75) is 46.7 Å². The average Bonchev–Trinajstić information content (AvgIpc) is 2.34. The van der Waals surface area contributed by atoms with Gasteiger partial charge >= 0.3 is 0 Å². The molecule has 18 heavy (non-hydrogen) atoms. The van der Waals surface area contributed by atoms with Crippen molar-refractivity contribution in [2.75, 3.05) is 20.1 Å². The van der Waals surface area contributed by atoms with E-state index in [4.69, 9.17) is 0 Å². The van der Waals surface area contributed by atoms with Gasteiger partial charge in [0.2, 0.25) is 0 Å². The van der Waals surface area contributed by atoms with E-state index < -0.39 is 0 Å². The zero-order valence-corrected chi connectivity index (χ0v) is 12.7. The minimum Gasteiger partial charge on any atom is -0.312 e. The summed E-state index contributed by atoms with van der Waals surface area (Å²) in [5.41, 5.74) is 4.14. The van der Waals surface area contributed by atoms with Crippen LogP contribution in [-0.2, 0) is 0 Å². The molecular formula is C16H28N2. The van der Waals surface area contributed by atoms with Gasteiger partial charge in [-0.2, -0.15) is 0 Å². The quantitative estimate of drug-likeness (QED) is 0.831. The Labute approximate surface area is 112 Å². The molecule has 0 aliphatic carbocycles. The molecule has 102 valence electrons. The summed E-state index contributed by atoms with van der Waals surface area (Å²) in [5, 5.41) is 3.46. The predicted molar refractivity (Wildman–Crippen MR) is 80.1 cm³/mol. The lowest BCUT2D eigenvalue weighted by molar-refractivity contribution is 0.210. The number of hydrogen-bond acceptors (Lipinski definition) is 2. The standard InChI is InChI=1S/C16H28N2/c1-7-18(12(2)3)11-16(17-6)15-10-13(4)8-9-14(15)5/h8-10,12,16-17H,7,11H2,1-6H3. The van der Waals surface area contributed by atoms with E-state index >= 15 is 0 Å². The fourth-order valence-corrected chi connectivity index (χ4v) is 2.42. The third kappa shape index (κ3) is 3.82. The monoisotopic (exact) mass is 248 g/mol. The van der Waals surface area contributed by atoms with Crippen molar-refractivity contribution in [1.82, 2.24) is 10.2 Å². The lowest BCUT2D eigenvalue weighted by Gasteiger charge is -2.30. The maximum Gasteiger partial charge on any atom is 0.0449 e. The third-order valence-corrected chi connectivity index (χ3v) is 3.71. The summed E-state index contributed by atoms with van der Waals surface area (Å²) >= 11 is 0. The Bertz CT molecular complexity index is 371. The lowest BCUT2D eigenvalue weighted by Crippen LogP contribution is -2.38. The summed E-state index contributed by atoms with van der Waals surface area (Å²) in [6, 6.07) is 7.72. The zero-order valence-electron chi connectivity index (χ0n) is 12.7. The molecule has 0 saturated heterocycles. The molecule has 1 atom stereocenters. The van der Waals surface area contributed by atoms with E-state index in [1.54, 1.807) is 0 Å². The van der Waals surface area contributed by atoms with E-state index in [1.165, 1.54) is 16.7 Å². The Morgan fingerprint density at radius 1 is 1.22 bits per heavy atom. The topological polar surface area (TPSA) is 15.3 Å². The predicted octanol–water partition coefficient (Wildman–Crippen LogP) is 3.29. The van der Waals surface area contributed by atoms with E-state index in [0.717, 1.165) is 13.1 Å². The van der Waals surface area contributed by atoms with Crippen molar-refractivity contribution in [2.24, 2.45) is 0 Å². The molecule has 0 bridgehead atoms. The SMILES string of the molecule is CCN(CC(NC)c1cc(C)ccc1C)C(C)C. The van der Waals surface area contributed by atoms with Crippen LogP contribution in [0.15, 0.2) is 18.2 Å². The van der Waals surface area contributed by atoms with Crippen molar-refractivity contribution in [3.05, 3.63) is 34.9 Å². The molecule has 0 spiro atoms. The van der Waals surface area contributed by atoms with Crippen LogP contribution < -0.4 is 5.32 Å². The first-order chi connectivity index (χ1) is 8.49. The van der Waals surface area contributed by atoms with Gasteiger partial charge in [-0.05, 0) is 52.4 Å². The molecule has 2 heteroatoms. The van der Waals surface area contributed by atoms with Gasteiger partial charge in [0.05, 0.1) is 0 Å². The second-order valence-corrected chi connectivity index (χ2v) is 5.38. The molecule has 2 nitrogen and oxygen atoms in total. The molecule has 0 aromatic heterocycles. The Kier molecular flexibility index (Phi) is 5.83. The van der Waals surface area contributed by atoms with Crippen LogP contribution in [0.5, 0.6) is 0 Å². The number of nitrogens with zero attached hydrogens (tertiary/aromatic N) is 1. The fourth-order valence-electron chi connectivity index (χ4n) is 2.42. The largest absolute Gasteiger partial charge is 0.312 e. The van der Waals surface area contributed by atoms with Crippen molar-refractivity contribution < 1.29 is 0 Å². The van der Waals surface area contributed by atoms with Crippen LogP contribution >= 0.6 is 0 Å². The van der Waals surface area contributed by atoms with Gasteiger partial charge in [-0.15, -0.1) is 0 Å². The molecule has 0 aliphatic rings. The number of likely N-dealkylation sites (N-methyl/N-ethyl adjacent to an activating group) is 2. The van der Waals surface area contributed by atoms with Crippen molar-refractivity contribution in [3.63, 3.8) is 0 Å². The molecule has 0 amide bonds. The van der Waals surface area contributed by atoms with Gasteiger partial charge in [-0.25, -0.2) is 0 Å². The second-order valence-electron chi connectivity index (χ2n) is 5.38. The Balaban J connectivity index is 2.91. The summed E-state index contributed by atoms with van der Waals surface area (Å²) in [6.45, 7) is 13.3. The second kappa shape index (κ2) is 6.91. The average molecular weight is 248 g/mol. The van der Waals surface area contributed by atoms with Crippen LogP contribution in [0, 0.1) is 13.8 Å². The van der Waals surface area contributed by atoms with Crippen LogP contribution in [0.2, 0.25) is 0 Å². The van der Waals surface area contributed by atoms with Crippen molar-refractivity contribution in [1.29, 1.82) is 0 Å². The third-order valence-electron chi connectivity index (χ3n) is 3.71. The Morgan fingerprint density at radius 2 is 1.89 bits per heavy atom. The van der Waals surface area contributed by atoms with Gasteiger partial charge in [0.25, 0.3) is 0 Å². The highest BCUT2D eigenvalue weighted by molar-refractivity contribution is 5.33. The minimum absolute atomic E-state index is 0.409. The van der Waals surface area contributed by atoms with Gasteiger partial charge in [0.15, 0.2) is 0 Å². The molecule has 1 unspecified atom stereocenters. The normalized spacial score (nSPS) is 13.3. The maximum atomic E-state index is 3.46. The number of nitrogens with one attached hydrogen (secondary N) is 1. The molecule has 0 heterocycles. The highest BCUT2D eigenvalue weighted by Crippen LogP contribution is 2.20. The first-order valence-corrected chi connectivity index (χ1v) is 6.98. The molecule has 1 aromatic rings. The summed E-state index contributed by atoms with van der Waals surface area (Å²) in [5.74, 6) is 0. The van der Waals surface area contributed by atoms with Gasteiger partial charge < -0.3 is 5.32 Å². The lowest BCUT2D eigenvalue weighted by atomic mass is 9.98. The molecule has 1 N–H and O–H groups in total. The Hall–Kier alpha value is -0.860. The van der Waals surface area contributed by atoms with Gasteiger partial charge in [-0.3, -0.25) is 4.90 Å². The highest BCUT2D eigenvalue weighted by atomic mass is 15.2. The number of rotatable bonds is 6. The van der Waals surface area contributed by atoms with E-state index in [1.807, 2.05) is 0 Å².